The monoisotopic (exact) mass is 256 g/mol. The van der Waals surface area contributed by atoms with Crippen LogP contribution in [0.3, 0.4) is 0 Å². The van der Waals surface area contributed by atoms with Crippen LogP contribution < -0.4 is 5.73 Å². The first-order valence-electron chi connectivity index (χ1n) is 7.79. The van der Waals surface area contributed by atoms with E-state index in [1.165, 1.54) is 32.1 Å². The van der Waals surface area contributed by atoms with Crippen LogP contribution in [-0.4, -0.2) is 42.8 Å². The van der Waals surface area contributed by atoms with Gasteiger partial charge < -0.3 is 10.5 Å². The normalized spacial score (nSPS) is 23.5. The number of nitrogens with zero attached hydrogens (tertiary/aromatic N) is 1. The van der Waals surface area contributed by atoms with E-state index >= 15 is 0 Å². The van der Waals surface area contributed by atoms with E-state index in [1.54, 1.807) is 0 Å². The van der Waals surface area contributed by atoms with Crippen molar-refractivity contribution in [3.05, 3.63) is 0 Å². The predicted octanol–water partition coefficient (Wildman–Crippen LogP) is 2.79. The molecule has 0 aromatic carbocycles. The molecule has 0 bridgehead atoms. The Morgan fingerprint density at radius 1 is 1.33 bits per heavy atom. The number of nitrogens with two attached hydrogens (primary N) is 1. The van der Waals surface area contributed by atoms with Gasteiger partial charge in [0.1, 0.15) is 0 Å². The molecule has 0 aromatic rings. The number of ether oxygens (including phenoxy) is 1. The molecule has 0 spiro atoms. The summed E-state index contributed by atoms with van der Waals surface area (Å²) in [5, 5.41) is 0. The Labute approximate surface area is 113 Å². The fourth-order valence-electron chi connectivity index (χ4n) is 3.13. The lowest BCUT2D eigenvalue weighted by Gasteiger charge is -2.44. The van der Waals surface area contributed by atoms with Gasteiger partial charge in [-0.25, -0.2) is 0 Å². The summed E-state index contributed by atoms with van der Waals surface area (Å²) in [6.45, 7) is 10.6. The standard InChI is InChI=1S/C15H32N2O/c1-4-7-10-15(5-2,13-16)17(6-3)12-14-9-8-11-18-14/h14H,4-13,16H2,1-3H3. The molecule has 108 valence electrons. The fourth-order valence-corrected chi connectivity index (χ4v) is 3.13. The topological polar surface area (TPSA) is 38.5 Å². The highest BCUT2D eigenvalue weighted by molar-refractivity contribution is 4.91. The Kier molecular flexibility index (Phi) is 7.20. The van der Waals surface area contributed by atoms with Crippen molar-refractivity contribution in [1.82, 2.24) is 4.90 Å². The van der Waals surface area contributed by atoms with Gasteiger partial charge >= 0.3 is 0 Å². The summed E-state index contributed by atoms with van der Waals surface area (Å²) < 4.78 is 5.79. The number of hydrogen-bond donors (Lipinski definition) is 1. The van der Waals surface area contributed by atoms with Crippen molar-refractivity contribution < 1.29 is 4.74 Å². The molecule has 18 heavy (non-hydrogen) atoms. The van der Waals surface area contributed by atoms with Crippen molar-refractivity contribution in [1.29, 1.82) is 0 Å². The maximum absolute atomic E-state index is 6.13. The van der Waals surface area contributed by atoms with E-state index < -0.39 is 0 Å². The molecule has 1 aliphatic heterocycles. The quantitative estimate of drug-likeness (QED) is 0.689. The third-order valence-electron chi connectivity index (χ3n) is 4.53. The zero-order valence-corrected chi connectivity index (χ0v) is 12.6. The Bertz CT molecular complexity index is 211. The minimum atomic E-state index is 0.191. The molecule has 2 unspecified atom stereocenters. The van der Waals surface area contributed by atoms with Gasteiger partial charge in [-0.05, 0) is 32.2 Å². The second kappa shape index (κ2) is 8.13. The first-order valence-corrected chi connectivity index (χ1v) is 7.79. The Hall–Kier alpha value is -0.120. The van der Waals surface area contributed by atoms with E-state index in [0.29, 0.717) is 6.10 Å². The Morgan fingerprint density at radius 3 is 2.56 bits per heavy atom. The van der Waals surface area contributed by atoms with Crippen LogP contribution in [0.25, 0.3) is 0 Å². The molecule has 0 saturated carbocycles. The lowest BCUT2D eigenvalue weighted by atomic mass is 9.87. The maximum Gasteiger partial charge on any atom is 0.0703 e. The molecular weight excluding hydrogens is 224 g/mol. The number of rotatable bonds is 9. The van der Waals surface area contributed by atoms with Gasteiger partial charge in [-0.3, -0.25) is 4.90 Å². The molecule has 0 amide bonds. The van der Waals surface area contributed by atoms with Gasteiger partial charge in [0.15, 0.2) is 0 Å². The Balaban J connectivity index is 2.65. The van der Waals surface area contributed by atoms with Crippen LogP contribution in [0.15, 0.2) is 0 Å². The smallest absolute Gasteiger partial charge is 0.0703 e. The van der Waals surface area contributed by atoms with Crippen LogP contribution >= 0.6 is 0 Å². The van der Waals surface area contributed by atoms with Gasteiger partial charge in [-0.2, -0.15) is 0 Å². The average molecular weight is 256 g/mol. The van der Waals surface area contributed by atoms with Crippen molar-refractivity contribution in [2.24, 2.45) is 5.73 Å². The van der Waals surface area contributed by atoms with Gasteiger partial charge in [0.2, 0.25) is 0 Å². The van der Waals surface area contributed by atoms with E-state index in [1.807, 2.05) is 0 Å². The molecule has 1 rings (SSSR count). The number of likely N-dealkylation sites (N-methyl/N-ethyl adjacent to an activating group) is 1. The molecule has 1 heterocycles. The highest BCUT2D eigenvalue weighted by Crippen LogP contribution is 2.27. The van der Waals surface area contributed by atoms with E-state index in [9.17, 15) is 0 Å². The van der Waals surface area contributed by atoms with E-state index in [-0.39, 0.29) is 5.54 Å². The van der Waals surface area contributed by atoms with Crippen molar-refractivity contribution >= 4 is 0 Å². The summed E-state index contributed by atoms with van der Waals surface area (Å²) in [6.07, 6.45) is 7.75. The molecular formula is C15H32N2O. The highest BCUT2D eigenvalue weighted by atomic mass is 16.5. The van der Waals surface area contributed by atoms with Crippen molar-refractivity contribution in [2.75, 3.05) is 26.2 Å². The molecule has 3 nitrogen and oxygen atoms in total. The first-order chi connectivity index (χ1) is 8.72. The lowest BCUT2D eigenvalue weighted by Crippen LogP contribution is -2.55. The van der Waals surface area contributed by atoms with Crippen molar-refractivity contribution in [3.8, 4) is 0 Å². The minimum absolute atomic E-state index is 0.191. The summed E-state index contributed by atoms with van der Waals surface area (Å²) in [6, 6.07) is 0. The summed E-state index contributed by atoms with van der Waals surface area (Å²) in [5.41, 5.74) is 6.32. The summed E-state index contributed by atoms with van der Waals surface area (Å²) in [4.78, 5) is 2.58. The minimum Gasteiger partial charge on any atom is -0.377 e. The molecule has 1 fully saturated rings. The molecule has 1 saturated heterocycles. The third kappa shape index (κ3) is 3.94. The molecule has 0 aliphatic carbocycles. The van der Waals surface area contributed by atoms with Gasteiger partial charge in [-0.15, -0.1) is 0 Å². The van der Waals surface area contributed by atoms with Crippen molar-refractivity contribution in [2.45, 2.75) is 70.9 Å². The van der Waals surface area contributed by atoms with E-state index in [0.717, 1.165) is 32.7 Å². The van der Waals surface area contributed by atoms with E-state index in [2.05, 4.69) is 25.7 Å². The van der Waals surface area contributed by atoms with Crippen LogP contribution in [0, 0.1) is 0 Å². The van der Waals surface area contributed by atoms with Gasteiger partial charge in [0.25, 0.3) is 0 Å². The van der Waals surface area contributed by atoms with Crippen LogP contribution in [-0.2, 0) is 4.74 Å². The van der Waals surface area contributed by atoms with Crippen LogP contribution in [0.4, 0.5) is 0 Å². The average Bonchev–Trinajstić information content (AvgIpc) is 2.91. The summed E-state index contributed by atoms with van der Waals surface area (Å²) >= 11 is 0. The van der Waals surface area contributed by atoms with Gasteiger partial charge in [0, 0.05) is 25.2 Å². The second-order valence-electron chi connectivity index (χ2n) is 5.56. The molecule has 0 aromatic heterocycles. The maximum atomic E-state index is 6.13. The second-order valence-corrected chi connectivity index (χ2v) is 5.56. The molecule has 0 radical (unpaired) electrons. The molecule has 3 heteroatoms. The molecule has 2 N–H and O–H groups in total. The SMILES string of the molecule is CCCCC(CC)(CN)N(CC)CC1CCCO1. The summed E-state index contributed by atoms with van der Waals surface area (Å²) in [5.74, 6) is 0. The number of hydrogen-bond acceptors (Lipinski definition) is 3. The zero-order valence-electron chi connectivity index (χ0n) is 12.6. The third-order valence-corrected chi connectivity index (χ3v) is 4.53. The zero-order chi connectivity index (χ0) is 13.4. The van der Waals surface area contributed by atoms with Gasteiger partial charge in [0.05, 0.1) is 6.10 Å². The van der Waals surface area contributed by atoms with Crippen LogP contribution in [0.5, 0.6) is 0 Å². The van der Waals surface area contributed by atoms with E-state index in [4.69, 9.17) is 10.5 Å². The van der Waals surface area contributed by atoms with Gasteiger partial charge in [-0.1, -0.05) is 33.6 Å². The Morgan fingerprint density at radius 2 is 2.11 bits per heavy atom. The summed E-state index contributed by atoms with van der Waals surface area (Å²) in [7, 11) is 0. The fraction of sp³-hybridized carbons (Fsp3) is 1.00. The van der Waals surface area contributed by atoms with Crippen molar-refractivity contribution in [3.63, 3.8) is 0 Å². The highest BCUT2D eigenvalue weighted by Gasteiger charge is 2.34. The predicted molar refractivity (Wildman–Crippen MR) is 77.8 cm³/mol. The molecule has 1 aliphatic rings. The lowest BCUT2D eigenvalue weighted by molar-refractivity contribution is 0.0171. The first kappa shape index (κ1) is 15.9. The largest absolute Gasteiger partial charge is 0.377 e. The van der Waals surface area contributed by atoms with Crippen LogP contribution in [0.1, 0.15) is 59.3 Å². The molecule has 2 atom stereocenters. The number of unbranched alkanes of at least 4 members (excludes halogenated alkanes) is 1. The van der Waals surface area contributed by atoms with Crippen LogP contribution in [0.2, 0.25) is 0 Å².